The molecular formula is C19H19N3O4. The summed E-state index contributed by atoms with van der Waals surface area (Å²) in [5, 5.41) is 4.17. The van der Waals surface area contributed by atoms with E-state index >= 15 is 0 Å². The van der Waals surface area contributed by atoms with Crippen molar-refractivity contribution in [1.82, 2.24) is 15.8 Å². The number of nitrogens with zero attached hydrogens (tertiary/aromatic N) is 1. The van der Waals surface area contributed by atoms with E-state index in [0.29, 0.717) is 22.6 Å². The molecule has 0 atom stereocenters. The molecule has 2 aromatic rings. The topological polar surface area (TPSA) is 79.9 Å². The molecular weight excluding hydrogens is 334 g/mol. The van der Waals surface area contributed by atoms with Gasteiger partial charge in [0, 0.05) is 19.7 Å². The van der Waals surface area contributed by atoms with Crippen LogP contribution >= 0.6 is 0 Å². The van der Waals surface area contributed by atoms with E-state index in [2.05, 4.69) is 10.7 Å². The maximum Gasteiger partial charge on any atom is 0.282 e. The second-order valence-corrected chi connectivity index (χ2v) is 5.83. The molecule has 0 unspecified atom stereocenters. The first kappa shape index (κ1) is 17.5. The van der Waals surface area contributed by atoms with Crippen LogP contribution in [-0.4, -0.2) is 37.7 Å². The minimum Gasteiger partial charge on any atom is -0.454 e. The van der Waals surface area contributed by atoms with Gasteiger partial charge in [0.15, 0.2) is 11.5 Å². The van der Waals surface area contributed by atoms with Crippen LogP contribution in [0.15, 0.2) is 54.2 Å². The molecule has 0 bridgehead atoms. The number of carbonyl (C=O) groups excluding carboxylic acids is 2. The summed E-state index contributed by atoms with van der Waals surface area (Å²) in [5.41, 5.74) is 3.91. The first-order valence-electron chi connectivity index (χ1n) is 7.99. The molecule has 3 rings (SSSR count). The summed E-state index contributed by atoms with van der Waals surface area (Å²) < 4.78 is 10.6. The number of hydrazine groups is 1. The standard InChI is InChI=1S/C19H19N3O4/c1-22(2)21-19(24)15(20-18(23)14-6-4-3-5-7-14)10-13-8-9-16-17(11-13)26-12-25-16/h3-11H,12H2,1-2H3,(H,20,23)(H,21,24)/b15-10-. The SMILES string of the molecule is CN(C)NC(=O)/C(=C/c1ccc2c(c1)OCO2)NC(=O)c1ccccc1. The summed E-state index contributed by atoms with van der Waals surface area (Å²) in [4.78, 5) is 24.9. The van der Waals surface area contributed by atoms with Crippen LogP contribution in [0.2, 0.25) is 0 Å². The number of fused-ring (bicyclic) bond motifs is 1. The highest BCUT2D eigenvalue weighted by Crippen LogP contribution is 2.33. The Balaban J connectivity index is 1.87. The molecule has 2 aromatic carbocycles. The fourth-order valence-electron chi connectivity index (χ4n) is 2.38. The molecule has 7 nitrogen and oxygen atoms in total. The molecule has 2 N–H and O–H groups in total. The van der Waals surface area contributed by atoms with Gasteiger partial charge in [-0.2, -0.15) is 0 Å². The van der Waals surface area contributed by atoms with Gasteiger partial charge in [-0.25, -0.2) is 5.01 Å². The first-order valence-corrected chi connectivity index (χ1v) is 7.99. The van der Waals surface area contributed by atoms with E-state index in [9.17, 15) is 9.59 Å². The zero-order chi connectivity index (χ0) is 18.5. The van der Waals surface area contributed by atoms with Crippen LogP contribution in [-0.2, 0) is 4.79 Å². The van der Waals surface area contributed by atoms with Crippen molar-refractivity contribution in [2.45, 2.75) is 0 Å². The average Bonchev–Trinajstić information content (AvgIpc) is 3.09. The quantitative estimate of drug-likeness (QED) is 0.633. The van der Waals surface area contributed by atoms with E-state index < -0.39 is 5.91 Å². The average molecular weight is 353 g/mol. The van der Waals surface area contributed by atoms with Crippen molar-refractivity contribution in [3.05, 3.63) is 65.4 Å². The van der Waals surface area contributed by atoms with Crippen LogP contribution in [0.25, 0.3) is 6.08 Å². The van der Waals surface area contributed by atoms with Crippen molar-refractivity contribution >= 4 is 17.9 Å². The van der Waals surface area contributed by atoms with Crippen LogP contribution < -0.4 is 20.2 Å². The highest BCUT2D eigenvalue weighted by atomic mass is 16.7. The fraction of sp³-hybridized carbons (Fsp3) is 0.158. The molecule has 2 amide bonds. The Labute approximate surface area is 151 Å². The Kier molecular flexibility index (Phi) is 5.19. The van der Waals surface area contributed by atoms with Gasteiger partial charge >= 0.3 is 0 Å². The van der Waals surface area contributed by atoms with Gasteiger partial charge in [-0.15, -0.1) is 0 Å². The molecule has 1 aliphatic rings. The second-order valence-electron chi connectivity index (χ2n) is 5.83. The molecule has 0 saturated carbocycles. The maximum atomic E-state index is 12.5. The molecule has 1 heterocycles. The lowest BCUT2D eigenvalue weighted by Gasteiger charge is -2.15. The van der Waals surface area contributed by atoms with Gasteiger partial charge in [0.2, 0.25) is 6.79 Å². The van der Waals surface area contributed by atoms with Gasteiger partial charge < -0.3 is 14.8 Å². The lowest BCUT2D eigenvalue weighted by molar-refractivity contribution is -0.121. The Morgan fingerprint density at radius 1 is 1.04 bits per heavy atom. The van der Waals surface area contributed by atoms with E-state index in [4.69, 9.17) is 9.47 Å². The van der Waals surface area contributed by atoms with E-state index in [-0.39, 0.29) is 18.4 Å². The third-order valence-corrected chi connectivity index (χ3v) is 3.56. The maximum absolute atomic E-state index is 12.5. The molecule has 1 aliphatic heterocycles. The van der Waals surface area contributed by atoms with Crippen molar-refractivity contribution in [3.63, 3.8) is 0 Å². The number of hydrogen-bond donors (Lipinski definition) is 2. The van der Waals surface area contributed by atoms with Gasteiger partial charge in [0.1, 0.15) is 5.70 Å². The molecule has 0 aromatic heterocycles. The van der Waals surface area contributed by atoms with Crippen molar-refractivity contribution in [3.8, 4) is 11.5 Å². The highest BCUT2D eigenvalue weighted by Gasteiger charge is 2.17. The van der Waals surface area contributed by atoms with Gasteiger partial charge in [0.25, 0.3) is 11.8 Å². The lowest BCUT2D eigenvalue weighted by Crippen LogP contribution is -2.41. The largest absolute Gasteiger partial charge is 0.454 e. The van der Waals surface area contributed by atoms with Crippen molar-refractivity contribution in [2.75, 3.05) is 20.9 Å². The summed E-state index contributed by atoms with van der Waals surface area (Å²) in [6.07, 6.45) is 1.58. The minimum atomic E-state index is -0.433. The number of benzene rings is 2. The number of carbonyl (C=O) groups is 2. The summed E-state index contributed by atoms with van der Waals surface area (Å²) in [6, 6.07) is 14.0. The third kappa shape index (κ3) is 4.20. The smallest absolute Gasteiger partial charge is 0.282 e. The summed E-state index contributed by atoms with van der Waals surface area (Å²) in [7, 11) is 3.38. The fourth-order valence-corrected chi connectivity index (χ4v) is 2.38. The summed E-state index contributed by atoms with van der Waals surface area (Å²) >= 11 is 0. The lowest BCUT2D eigenvalue weighted by atomic mass is 10.1. The van der Waals surface area contributed by atoms with Crippen LogP contribution in [0.1, 0.15) is 15.9 Å². The van der Waals surface area contributed by atoms with Gasteiger partial charge in [-0.3, -0.25) is 15.0 Å². The Morgan fingerprint density at radius 2 is 1.77 bits per heavy atom. The Bertz CT molecular complexity index is 847. The number of hydrogen-bond acceptors (Lipinski definition) is 5. The van der Waals surface area contributed by atoms with Crippen molar-refractivity contribution < 1.29 is 19.1 Å². The van der Waals surface area contributed by atoms with Gasteiger partial charge in [-0.1, -0.05) is 24.3 Å². The highest BCUT2D eigenvalue weighted by molar-refractivity contribution is 6.05. The van der Waals surface area contributed by atoms with Crippen LogP contribution in [0.3, 0.4) is 0 Å². The number of rotatable bonds is 5. The number of amides is 2. The molecule has 7 heteroatoms. The van der Waals surface area contributed by atoms with E-state index in [1.807, 2.05) is 6.07 Å². The third-order valence-electron chi connectivity index (χ3n) is 3.56. The molecule has 0 saturated heterocycles. The second kappa shape index (κ2) is 7.71. The molecule has 134 valence electrons. The Hall–Kier alpha value is -3.32. The van der Waals surface area contributed by atoms with Crippen LogP contribution in [0.4, 0.5) is 0 Å². The molecule has 26 heavy (non-hydrogen) atoms. The van der Waals surface area contributed by atoms with Crippen LogP contribution in [0, 0.1) is 0 Å². The normalized spacial score (nSPS) is 12.8. The zero-order valence-electron chi connectivity index (χ0n) is 14.5. The molecule has 0 fully saturated rings. The van der Waals surface area contributed by atoms with E-state index in [0.717, 1.165) is 0 Å². The Morgan fingerprint density at radius 3 is 2.50 bits per heavy atom. The zero-order valence-corrected chi connectivity index (χ0v) is 14.5. The molecule has 0 aliphatic carbocycles. The van der Waals surface area contributed by atoms with Crippen molar-refractivity contribution in [1.29, 1.82) is 0 Å². The monoisotopic (exact) mass is 353 g/mol. The van der Waals surface area contributed by atoms with Gasteiger partial charge in [0.05, 0.1) is 0 Å². The van der Waals surface area contributed by atoms with E-state index in [1.54, 1.807) is 62.6 Å². The summed E-state index contributed by atoms with van der Waals surface area (Å²) in [6.45, 7) is 0.168. The predicted molar refractivity (Wildman–Crippen MR) is 96.3 cm³/mol. The van der Waals surface area contributed by atoms with E-state index in [1.165, 1.54) is 5.01 Å². The molecule has 0 spiro atoms. The number of nitrogens with one attached hydrogen (secondary N) is 2. The number of ether oxygens (including phenoxy) is 2. The minimum absolute atomic E-state index is 0.117. The first-order chi connectivity index (χ1) is 12.5. The predicted octanol–water partition coefficient (Wildman–Crippen LogP) is 1.78. The molecule has 0 radical (unpaired) electrons. The van der Waals surface area contributed by atoms with Gasteiger partial charge in [-0.05, 0) is 35.9 Å². The summed E-state index contributed by atoms with van der Waals surface area (Å²) in [5.74, 6) is 0.443. The van der Waals surface area contributed by atoms with Crippen LogP contribution in [0.5, 0.6) is 11.5 Å². The van der Waals surface area contributed by atoms with Crippen molar-refractivity contribution in [2.24, 2.45) is 0 Å².